The SMILES string of the molecule is COc1ccc(NC(=O)C(=O)N/N=C/c2cccc(OCc3ccc(C)cc3)c2)c(OC)c1. The van der Waals surface area contributed by atoms with Gasteiger partial charge in [0, 0.05) is 6.07 Å². The number of benzene rings is 3. The molecule has 170 valence electrons. The third kappa shape index (κ3) is 6.83. The van der Waals surface area contributed by atoms with Crippen LogP contribution in [0.3, 0.4) is 0 Å². The zero-order valence-corrected chi connectivity index (χ0v) is 18.6. The summed E-state index contributed by atoms with van der Waals surface area (Å²) in [7, 11) is 2.97. The molecular formula is C25H25N3O5. The van der Waals surface area contributed by atoms with Gasteiger partial charge in [-0.25, -0.2) is 5.43 Å². The van der Waals surface area contributed by atoms with Crippen LogP contribution in [-0.4, -0.2) is 32.2 Å². The van der Waals surface area contributed by atoms with Gasteiger partial charge >= 0.3 is 11.8 Å². The van der Waals surface area contributed by atoms with Gasteiger partial charge in [0.05, 0.1) is 26.1 Å². The van der Waals surface area contributed by atoms with Crippen molar-refractivity contribution in [3.8, 4) is 17.2 Å². The third-order valence-corrected chi connectivity index (χ3v) is 4.63. The molecule has 3 rings (SSSR count). The molecule has 2 N–H and O–H groups in total. The number of methoxy groups -OCH3 is 2. The summed E-state index contributed by atoms with van der Waals surface area (Å²) in [6.45, 7) is 2.47. The van der Waals surface area contributed by atoms with E-state index in [9.17, 15) is 9.59 Å². The average molecular weight is 447 g/mol. The fraction of sp³-hybridized carbons (Fsp3) is 0.160. The monoisotopic (exact) mass is 447 g/mol. The van der Waals surface area contributed by atoms with E-state index in [1.54, 1.807) is 30.3 Å². The zero-order chi connectivity index (χ0) is 23.6. The lowest BCUT2D eigenvalue weighted by Gasteiger charge is -2.10. The van der Waals surface area contributed by atoms with Crippen molar-refractivity contribution in [2.75, 3.05) is 19.5 Å². The lowest BCUT2D eigenvalue weighted by atomic mass is 10.2. The number of hydrogen-bond donors (Lipinski definition) is 2. The first-order valence-electron chi connectivity index (χ1n) is 10.1. The van der Waals surface area contributed by atoms with E-state index in [-0.39, 0.29) is 0 Å². The number of nitrogens with zero attached hydrogens (tertiary/aromatic N) is 1. The maximum absolute atomic E-state index is 12.2. The summed E-state index contributed by atoms with van der Waals surface area (Å²) in [6.07, 6.45) is 1.43. The molecule has 0 fully saturated rings. The standard InChI is InChI=1S/C25H25N3O5/c1-17-7-9-18(10-8-17)16-33-21-6-4-5-19(13-21)15-26-28-25(30)24(29)27-22-12-11-20(31-2)14-23(22)32-3/h4-15H,16H2,1-3H3,(H,27,29)(H,28,30)/b26-15+. The first kappa shape index (κ1) is 23.3. The zero-order valence-electron chi connectivity index (χ0n) is 18.6. The molecular weight excluding hydrogens is 422 g/mol. The Bertz CT molecular complexity index is 1140. The summed E-state index contributed by atoms with van der Waals surface area (Å²) < 4.78 is 16.1. The molecule has 8 nitrogen and oxygen atoms in total. The van der Waals surface area contributed by atoms with Gasteiger partial charge < -0.3 is 19.5 Å². The number of nitrogens with one attached hydrogen (secondary N) is 2. The highest BCUT2D eigenvalue weighted by molar-refractivity contribution is 6.39. The molecule has 0 saturated heterocycles. The molecule has 0 atom stereocenters. The number of amides is 2. The summed E-state index contributed by atoms with van der Waals surface area (Å²) in [6, 6.07) is 20.1. The molecule has 0 aliphatic heterocycles. The van der Waals surface area contributed by atoms with E-state index in [4.69, 9.17) is 14.2 Å². The van der Waals surface area contributed by atoms with Gasteiger partial charge in [-0.2, -0.15) is 5.10 Å². The largest absolute Gasteiger partial charge is 0.497 e. The number of hydrazone groups is 1. The Balaban J connectivity index is 1.54. The Morgan fingerprint density at radius 1 is 0.909 bits per heavy atom. The molecule has 8 heteroatoms. The number of ether oxygens (including phenoxy) is 3. The Hall–Kier alpha value is -4.33. The van der Waals surface area contributed by atoms with Crippen LogP contribution in [0.4, 0.5) is 5.69 Å². The maximum atomic E-state index is 12.2. The van der Waals surface area contributed by atoms with Gasteiger partial charge in [0.25, 0.3) is 0 Å². The van der Waals surface area contributed by atoms with Crippen LogP contribution in [-0.2, 0) is 16.2 Å². The first-order chi connectivity index (χ1) is 16.0. The number of aryl methyl sites for hydroxylation is 1. The molecule has 0 spiro atoms. The van der Waals surface area contributed by atoms with Crippen molar-refractivity contribution in [3.05, 3.63) is 83.4 Å². The molecule has 0 aromatic heterocycles. The van der Waals surface area contributed by atoms with E-state index >= 15 is 0 Å². The Kier molecular flexibility index (Phi) is 8.02. The quantitative estimate of drug-likeness (QED) is 0.312. The van der Waals surface area contributed by atoms with Gasteiger partial charge in [-0.3, -0.25) is 9.59 Å². The molecule has 0 aliphatic rings. The van der Waals surface area contributed by atoms with Crippen LogP contribution in [0.5, 0.6) is 17.2 Å². The van der Waals surface area contributed by atoms with Crippen molar-refractivity contribution in [2.24, 2.45) is 5.10 Å². The van der Waals surface area contributed by atoms with Crippen LogP contribution < -0.4 is 25.0 Å². The first-order valence-corrected chi connectivity index (χ1v) is 10.1. The second-order valence-corrected chi connectivity index (χ2v) is 7.07. The van der Waals surface area contributed by atoms with Crippen molar-refractivity contribution < 1.29 is 23.8 Å². The molecule has 33 heavy (non-hydrogen) atoms. The summed E-state index contributed by atoms with van der Waals surface area (Å²) in [5.41, 5.74) is 5.49. The van der Waals surface area contributed by atoms with Crippen molar-refractivity contribution in [1.82, 2.24) is 5.43 Å². The van der Waals surface area contributed by atoms with E-state index in [1.165, 1.54) is 26.0 Å². The minimum absolute atomic E-state index is 0.334. The van der Waals surface area contributed by atoms with E-state index < -0.39 is 11.8 Å². The van der Waals surface area contributed by atoms with Gasteiger partial charge in [0.2, 0.25) is 0 Å². The van der Waals surface area contributed by atoms with Gasteiger partial charge in [0.1, 0.15) is 23.9 Å². The van der Waals surface area contributed by atoms with Gasteiger partial charge in [-0.1, -0.05) is 42.0 Å². The summed E-state index contributed by atoms with van der Waals surface area (Å²) in [4.78, 5) is 24.3. The number of rotatable bonds is 8. The molecule has 3 aromatic carbocycles. The molecule has 0 radical (unpaired) electrons. The minimum Gasteiger partial charge on any atom is -0.497 e. The molecule has 0 unspecified atom stereocenters. The highest BCUT2D eigenvalue weighted by Gasteiger charge is 2.15. The fourth-order valence-electron chi connectivity index (χ4n) is 2.83. The molecule has 2 amide bonds. The van der Waals surface area contributed by atoms with E-state index in [0.717, 1.165) is 5.56 Å². The topological polar surface area (TPSA) is 98.2 Å². The van der Waals surface area contributed by atoms with Crippen LogP contribution in [0.1, 0.15) is 16.7 Å². The normalized spacial score (nSPS) is 10.5. The molecule has 0 heterocycles. The smallest absolute Gasteiger partial charge is 0.329 e. The van der Waals surface area contributed by atoms with Gasteiger partial charge in [-0.15, -0.1) is 0 Å². The van der Waals surface area contributed by atoms with E-state index in [1.807, 2.05) is 43.3 Å². The number of carbonyl (C=O) groups excluding carboxylic acids is 2. The van der Waals surface area contributed by atoms with Crippen molar-refractivity contribution in [2.45, 2.75) is 13.5 Å². The Morgan fingerprint density at radius 3 is 2.42 bits per heavy atom. The highest BCUT2D eigenvalue weighted by atomic mass is 16.5. The lowest BCUT2D eigenvalue weighted by molar-refractivity contribution is -0.136. The van der Waals surface area contributed by atoms with E-state index in [0.29, 0.717) is 35.1 Å². The van der Waals surface area contributed by atoms with Crippen molar-refractivity contribution >= 4 is 23.7 Å². The minimum atomic E-state index is -0.920. The number of carbonyl (C=O) groups is 2. The van der Waals surface area contributed by atoms with Crippen LogP contribution in [0.2, 0.25) is 0 Å². The van der Waals surface area contributed by atoms with Crippen molar-refractivity contribution in [1.29, 1.82) is 0 Å². The predicted molar refractivity (Wildman–Crippen MR) is 126 cm³/mol. The number of anilines is 1. The molecule has 3 aromatic rings. The van der Waals surface area contributed by atoms with Gasteiger partial charge in [-0.05, 0) is 42.3 Å². The van der Waals surface area contributed by atoms with Crippen LogP contribution in [0.15, 0.2) is 71.8 Å². The predicted octanol–water partition coefficient (Wildman–Crippen LogP) is 3.68. The molecule has 0 bridgehead atoms. The summed E-state index contributed by atoms with van der Waals surface area (Å²) in [5.74, 6) is -0.220. The number of hydrogen-bond acceptors (Lipinski definition) is 6. The maximum Gasteiger partial charge on any atom is 0.329 e. The van der Waals surface area contributed by atoms with Crippen molar-refractivity contribution in [3.63, 3.8) is 0 Å². The molecule has 0 saturated carbocycles. The summed E-state index contributed by atoms with van der Waals surface area (Å²) >= 11 is 0. The fourth-order valence-corrected chi connectivity index (χ4v) is 2.83. The van der Waals surface area contributed by atoms with E-state index in [2.05, 4.69) is 15.8 Å². The average Bonchev–Trinajstić information content (AvgIpc) is 2.84. The highest BCUT2D eigenvalue weighted by Crippen LogP contribution is 2.28. The second-order valence-electron chi connectivity index (χ2n) is 7.07. The Morgan fingerprint density at radius 2 is 1.70 bits per heavy atom. The van der Waals surface area contributed by atoms with Crippen LogP contribution in [0.25, 0.3) is 0 Å². The third-order valence-electron chi connectivity index (χ3n) is 4.63. The lowest BCUT2D eigenvalue weighted by Crippen LogP contribution is -2.32. The summed E-state index contributed by atoms with van der Waals surface area (Å²) in [5, 5.41) is 6.33. The van der Waals surface area contributed by atoms with Crippen LogP contribution in [0, 0.1) is 6.92 Å². The second kappa shape index (κ2) is 11.3. The Labute approximate surface area is 192 Å². The van der Waals surface area contributed by atoms with Gasteiger partial charge in [0.15, 0.2) is 0 Å². The van der Waals surface area contributed by atoms with Crippen LogP contribution >= 0.6 is 0 Å². The molecule has 0 aliphatic carbocycles.